The van der Waals surface area contributed by atoms with Gasteiger partial charge in [0.25, 0.3) is 0 Å². The van der Waals surface area contributed by atoms with Crippen LogP contribution in [0.25, 0.3) is 55.8 Å². The van der Waals surface area contributed by atoms with Crippen molar-refractivity contribution < 1.29 is 17.6 Å². The minimum atomic E-state index is -3.20. The summed E-state index contributed by atoms with van der Waals surface area (Å²) in [6.07, 6.45) is 11.4. The highest BCUT2D eigenvalue weighted by atomic mass is 32.2. The molecule has 1 fully saturated rings. The molecule has 1 amide bonds. The summed E-state index contributed by atoms with van der Waals surface area (Å²) in [7, 11) is -3.20. The molecule has 5 heterocycles. The number of amides is 1. The van der Waals surface area contributed by atoms with Gasteiger partial charge in [-0.05, 0) is 54.7 Å². The van der Waals surface area contributed by atoms with Crippen molar-refractivity contribution in [3.8, 4) is 33.9 Å². The fourth-order valence-electron chi connectivity index (χ4n) is 5.00. The lowest BCUT2D eigenvalue weighted by atomic mass is 10.0. The number of aromatic amines is 2. The maximum atomic E-state index is 14.6. The molecule has 0 radical (unpaired) electrons. The zero-order chi connectivity index (χ0) is 29.7. The molecule has 43 heavy (non-hydrogen) atoms. The van der Waals surface area contributed by atoms with Gasteiger partial charge in [-0.15, -0.1) is 0 Å². The molecule has 1 aromatic carbocycles. The Morgan fingerprint density at radius 1 is 1.00 bits per heavy atom. The van der Waals surface area contributed by atoms with Crippen LogP contribution >= 0.6 is 0 Å². The number of rotatable bonds is 8. The van der Waals surface area contributed by atoms with E-state index in [0.29, 0.717) is 56.1 Å². The van der Waals surface area contributed by atoms with Gasteiger partial charge in [-0.25, -0.2) is 17.8 Å². The van der Waals surface area contributed by atoms with Crippen molar-refractivity contribution in [1.29, 1.82) is 0 Å². The fourth-order valence-corrected chi connectivity index (χ4v) is 5.61. The van der Waals surface area contributed by atoms with Crippen molar-refractivity contribution in [3.05, 3.63) is 72.7 Å². The van der Waals surface area contributed by atoms with Crippen molar-refractivity contribution in [2.45, 2.75) is 19.3 Å². The molecule has 0 saturated heterocycles. The lowest BCUT2D eigenvalue weighted by molar-refractivity contribution is -0.117. The van der Waals surface area contributed by atoms with Gasteiger partial charge in [-0.3, -0.25) is 24.8 Å². The molecule has 13 heteroatoms. The van der Waals surface area contributed by atoms with Crippen LogP contribution in [0.4, 0.5) is 10.1 Å². The third-order valence-electron chi connectivity index (χ3n) is 7.35. The molecule has 0 atom stereocenters. The molecular weight excluding hydrogens is 571 g/mol. The summed E-state index contributed by atoms with van der Waals surface area (Å²) < 4.78 is 37.9. The average Bonchev–Trinajstić information content (AvgIpc) is 3.61. The number of carbonyl (C=O) groups excluding carboxylic acids is 1. The minimum Gasteiger partial charge on any atom is -0.335 e. The van der Waals surface area contributed by atoms with Crippen LogP contribution in [-0.4, -0.2) is 61.5 Å². The molecule has 1 saturated carbocycles. The van der Waals surface area contributed by atoms with Gasteiger partial charge >= 0.3 is 0 Å². The van der Waals surface area contributed by atoms with Gasteiger partial charge in [0.1, 0.15) is 21.3 Å². The van der Waals surface area contributed by atoms with Crippen LogP contribution in [0.15, 0.2) is 61.3 Å². The topological polar surface area (TPSA) is 159 Å². The monoisotopic (exact) mass is 596 g/mol. The number of carbonyl (C=O) groups is 1. The number of pyridine rings is 3. The number of aryl methyl sites for hydroxylation is 1. The second-order valence-electron chi connectivity index (χ2n) is 10.8. The standard InChI is InChI=1S/C30H25FN8O3S/c1-43(41,42)5-4-16-6-18(8-20(31)7-16)23-13-33-14-26-27(23)37-29(36-26)28-22-10-24(34-15-25(22)38-39-28)19-9-21(12-32-11-19)35-30(40)17-2-3-17/h6-15,17H,2-5H2,1H3,(H,35,40)(H,36,37)(H,38,39). The number of anilines is 1. The van der Waals surface area contributed by atoms with Crippen molar-refractivity contribution in [2.75, 3.05) is 17.3 Å². The maximum absolute atomic E-state index is 14.6. The van der Waals surface area contributed by atoms with Crippen LogP contribution < -0.4 is 5.32 Å². The van der Waals surface area contributed by atoms with Crippen LogP contribution in [0, 0.1) is 11.7 Å². The number of nitrogens with zero attached hydrogens (tertiary/aromatic N) is 5. The Labute approximate surface area is 245 Å². The molecule has 7 rings (SSSR count). The molecule has 0 bridgehead atoms. The summed E-state index contributed by atoms with van der Waals surface area (Å²) >= 11 is 0. The summed E-state index contributed by atoms with van der Waals surface area (Å²) in [5.74, 6) is 0.00180. The van der Waals surface area contributed by atoms with Gasteiger partial charge in [0.2, 0.25) is 5.91 Å². The van der Waals surface area contributed by atoms with Crippen molar-refractivity contribution in [3.63, 3.8) is 0 Å². The Hall–Kier alpha value is -5.04. The van der Waals surface area contributed by atoms with E-state index in [1.54, 1.807) is 37.1 Å². The molecule has 11 nitrogen and oxygen atoms in total. The molecule has 6 aromatic rings. The first-order valence-electron chi connectivity index (χ1n) is 13.6. The third-order valence-corrected chi connectivity index (χ3v) is 8.29. The van der Waals surface area contributed by atoms with E-state index in [-0.39, 0.29) is 24.0 Å². The van der Waals surface area contributed by atoms with Gasteiger partial charge in [-0.2, -0.15) is 5.10 Å². The molecule has 0 aliphatic heterocycles. The Balaban J connectivity index is 1.25. The van der Waals surface area contributed by atoms with E-state index in [9.17, 15) is 17.6 Å². The van der Waals surface area contributed by atoms with E-state index in [0.717, 1.165) is 30.0 Å². The van der Waals surface area contributed by atoms with Crippen LogP contribution in [-0.2, 0) is 21.1 Å². The third kappa shape index (κ3) is 5.58. The van der Waals surface area contributed by atoms with Gasteiger partial charge in [0.15, 0.2) is 5.82 Å². The summed E-state index contributed by atoms with van der Waals surface area (Å²) in [4.78, 5) is 33.5. The molecule has 3 N–H and O–H groups in total. The first-order chi connectivity index (χ1) is 20.7. The Bertz CT molecular complexity index is 2150. The van der Waals surface area contributed by atoms with E-state index in [1.165, 1.54) is 12.1 Å². The van der Waals surface area contributed by atoms with Gasteiger partial charge in [-0.1, -0.05) is 6.07 Å². The Morgan fingerprint density at radius 2 is 1.84 bits per heavy atom. The Kier molecular flexibility index (Phi) is 6.46. The predicted octanol–water partition coefficient (Wildman–Crippen LogP) is 4.70. The van der Waals surface area contributed by atoms with E-state index < -0.39 is 15.7 Å². The first-order valence-corrected chi connectivity index (χ1v) is 15.7. The second-order valence-corrected chi connectivity index (χ2v) is 13.1. The highest BCUT2D eigenvalue weighted by Gasteiger charge is 2.29. The molecule has 5 aromatic heterocycles. The van der Waals surface area contributed by atoms with Gasteiger partial charge < -0.3 is 10.3 Å². The van der Waals surface area contributed by atoms with E-state index in [2.05, 4.69) is 35.5 Å². The first kappa shape index (κ1) is 26.8. The largest absolute Gasteiger partial charge is 0.335 e. The van der Waals surface area contributed by atoms with Gasteiger partial charge in [0.05, 0.1) is 52.3 Å². The van der Waals surface area contributed by atoms with Crippen LogP contribution in [0.2, 0.25) is 0 Å². The lowest BCUT2D eigenvalue weighted by Crippen LogP contribution is -2.13. The summed E-state index contributed by atoms with van der Waals surface area (Å²) in [5, 5.41) is 11.2. The zero-order valence-electron chi connectivity index (χ0n) is 22.9. The van der Waals surface area contributed by atoms with Crippen LogP contribution in [0.1, 0.15) is 18.4 Å². The maximum Gasteiger partial charge on any atom is 0.227 e. The number of hydrogen-bond donors (Lipinski definition) is 3. The predicted molar refractivity (Wildman–Crippen MR) is 160 cm³/mol. The van der Waals surface area contributed by atoms with E-state index >= 15 is 0 Å². The lowest BCUT2D eigenvalue weighted by Gasteiger charge is -2.07. The highest BCUT2D eigenvalue weighted by molar-refractivity contribution is 7.90. The number of benzene rings is 1. The molecule has 0 spiro atoms. The number of halogens is 1. The number of nitrogens with one attached hydrogen (secondary N) is 3. The molecule has 1 aliphatic carbocycles. The van der Waals surface area contributed by atoms with Crippen molar-refractivity contribution >= 4 is 43.4 Å². The summed E-state index contributed by atoms with van der Waals surface area (Å²) in [6.45, 7) is 0. The molecule has 0 unspecified atom stereocenters. The highest BCUT2D eigenvalue weighted by Crippen LogP contribution is 2.34. The van der Waals surface area contributed by atoms with Crippen LogP contribution in [0.5, 0.6) is 0 Å². The number of imidazole rings is 1. The molecule has 1 aliphatic rings. The minimum absolute atomic E-state index is 0.00148. The average molecular weight is 597 g/mol. The SMILES string of the molecule is CS(=O)(=O)CCc1cc(F)cc(-c2cncc3[nH]c(-c4n[nH]c5cnc(-c6cncc(NC(=O)C7CC7)c6)cc45)nc23)c1. The number of fused-ring (bicyclic) bond motifs is 2. The van der Waals surface area contributed by atoms with Gasteiger partial charge in [0, 0.05) is 41.1 Å². The van der Waals surface area contributed by atoms with Crippen molar-refractivity contribution in [1.82, 2.24) is 35.1 Å². The van der Waals surface area contributed by atoms with E-state index in [4.69, 9.17) is 4.98 Å². The van der Waals surface area contributed by atoms with Crippen molar-refractivity contribution in [2.24, 2.45) is 5.92 Å². The number of H-pyrrole nitrogens is 2. The summed E-state index contributed by atoms with van der Waals surface area (Å²) in [6, 6.07) is 8.20. The second kappa shape index (κ2) is 10.3. The molecule has 216 valence electrons. The summed E-state index contributed by atoms with van der Waals surface area (Å²) in [5.41, 5.74) is 6.14. The fraction of sp³-hybridized carbons (Fsp3) is 0.200. The number of hydrogen-bond acceptors (Lipinski definition) is 8. The zero-order valence-corrected chi connectivity index (χ0v) is 23.7. The van der Waals surface area contributed by atoms with Crippen LogP contribution in [0.3, 0.4) is 0 Å². The van der Waals surface area contributed by atoms with E-state index in [1.807, 2.05) is 12.1 Å². The smallest absolute Gasteiger partial charge is 0.227 e. The number of sulfone groups is 1. The number of aromatic nitrogens is 7. The Morgan fingerprint density at radius 3 is 2.65 bits per heavy atom. The quantitative estimate of drug-likeness (QED) is 0.228. The molecular formula is C30H25FN8O3S. The normalized spacial score (nSPS) is 13.5.